The minimum atomic E-state index is -0.284. The smallest absolute Gasteiger partial charge is 0.258 e. The molecule has 0 saturated carbocycles. The van der Waals surface area contributed by atoms with E-state index in [0.29, 0.717) is 5.56 Å². The summed E-state index contributed by atoms with van der Waals surface area (Å²) >= 11 is 0. The molecule has 0 radical (unpaired) electrons. The maximum absolute atomic E-state index is 13.8. The Kier molecular flexibility index (Phi) is 6.45. The summed E-state index contributed by atoms with van der Waals surface area (Å²) in [5.74, 6) is -0.333. The van der Waals surface area contributed by atoms with E-state index in [2.05, 4.69) is 37.6 Å². The fourth-order valence-electron chi connectivity index (χ4n) is 4.43. The van der Waals surface area contributed by atoms with E-state index in [1.165, 1.54) is 12.1 Å². The molecular weight excluding hydrogens is 411 g/mol. The van der Waals surface area contributed by atoms with Crippen LogP contribution in [0.15, 0.2) is 84.9 Å². The number of hydrogen-bond acceptors (Lipinski definition) is 1. The number of anilines is 1. The van der Waals surface area contributed by atoms with Crippen LogP contribution < -0.4 is 5.32 Å². The summed E-state index contributed by atoms with van der Waals surface area (Å²) in [5.41, 5.74) is 6.01. The number of aromatic nitrogens is 1. The predicted molar refractivity (Wildman–Crippen MR) is 134 cm³/mol. The first-order valence-corrected chi connectivity index (χ1v) is 11.3. The fourth-order valence-corrected chi connectivity index (χ4v) is 4.43. The van der Waals surface area contributed by atoms with Crippen molar-refractivity contribution in [1.29, 1.82) is 0 Å². The summed E-state index contributed by atoms with van der Waals surface area (Å²) in [6.07, 6.45) is 0. The monoisotopic (exact) mass is 440 g/mol. The maximum Gasteiger partial charge on any atom is 0.258 e. The number of carbonyl (C=O) groups is 1. The van der Waals surface area contributed by atoms with Crippen molar-refractivity contribution < 1.29 is 9.18 Å². The highest BCUT2D eigenvalue weighted by Crippen LogP contribution is 2.43. The lowest BCUT2D eigenvalue weighted by Gasteiger charge is -2.20. The molecule has 1 heterocycles. The Bertz CT molecular complexity index is 1240. The third-order valence-corrected chi connectivity index (χ3v) is 5.75. The van der Waals surface area contributed by atoms with Crippen LogP contribution in [0.25, 0.3) is 22.4 Å². The average Bonchev–Trinajstić information content (AvgIpc) is 3.18. The van der Waals surface area contributed by atoms with Crippen molar-refractivity contribution in [2.45, 2.75) is 39.7 Å². The third kappa shape index (κ3) is 4.47. The molecule has 1 N–H and O–H groups in total. The van der Waals surface area contributed by atoms with Gasteiger partial charge in [0.1, 0.15) is 5.82 Å². The number of rotatable bonds is 6. The molecule has 4 aromatic rings. The molecular formula is C29H29FN2O. The minimum Gasteiger partial charge on any atom is -0.341 e. The molecule has 0 unspecified atom stereocenters. The van der Waals surface area contributed by atoms with Crippen molar-refractivity contribution in [3.8, 4) is 22.4 Å². The Morgan fingerprint density at radius 1 is 0.788 bits per heavy atom. The van der Waals surface area contributed by atoms with Gasteiger partial charge in [0.05, 0.1) is 11.3 Å². The molecule has 4 rings (SSSR count). The van der Waals surface area contributed by atoms with Crippen LogP contribution in [0.1, 0.15) is 55.7 Å². The van der Waals surface area contributed by atoms with E-state index in [0.717, 1.165) is 33.8 Å². The molecule has 0 aliphatic carbocycles. The van der Waals surface area contributed by atoms with Gasteiger partial charge in [-0.15, -0.1) is 0 Å². The summed E-state index contributed by atoms with van der Waals surface area (Å²) in [7, 11) is 0. The van der Waals surface area contributed by atoms with Gasteiger partial charge >= 0.3 is 0 Å². The normalized spacial score (nSPS) is 11.2. The van der Waals surface area contributed by atoms with Gasteiger partial charge < -0.3 is 9.88 Å². The molecule has 0 saturated heterocycles. The molecule has 33 heavy (non-hydrogen) atoms. The first kappa shape index (κ1) is 22.5. The maximum atomic E-state index is 13.8. The lowest BCUT2D eigenvalue weighted by atomic mass is 9.94. The molecule has 1 amide bonds. The molecule has 0 fully saturated rings. The number of hydrogen-bond donors (Lipinski definition) is 1. The van der Waals surface area contributed by atoms with Gasteiger partial charge in [-0.1, -0.05) is 62.4 Å². The Morgan fingerprint density at radius 3 is 1.91 bits per heavy atom. The van der Waals surface area contributed by atoms with Crippen molar-refractivity contribution in [2.24, 2.45) is 0 Å². The van der Waals surface area contributed by atoms with Crippen molar-refractivity contribution in [3.05, 3.63) is 102 Å². The second-order valence-electron chi connectivity index (χ2n) is 8.80. The largest absolute Gasteiger partial charge is 0.341 e. The van der Waals surface area contributed by atoms with Crippen LogP contribution in [0.2, 0.25) is 0 Å². The molecule has 1 aromatic heterocycles. The van der Waals surface area contributed by atoms with Crippen LogP contribution in [-0.4, -0.2) is 10.5 Å². The Labute approximate surface area is 194 Å². The molecule has 0 atom stereocenters. The van der Waals surface area contributed by atoms with Gasteiger partial charge in [0.15, 0.2) is 0 Å². The molecule has 3 nitrogen and oxygen atoms in total. The second-order valence-corrected chi connectivity index (χ2v) is 8.80. The molecule has 0 bridgehead atoms. The average molecular weight is 441 g/mol. The highest BCUT2D eigenvalue weighted by Gasteiger charge is 2.31. The highest BCUT2D eigenvalue weighted by atomic mass is 19.1. The Morgan fingerprint density at radius 2 is 1.36 bits per heavy atom. The molecule has 3 aromatic carbocycles. The van der Waals surface area contributed by atoms with Crippen LogP contribution >= 0.6 is 0 Å². The topological polar surface area (TPSA) is 34.0 Å². The summed E-state index contributed by atoms with van der Waals surface area (Å²) in [5, 5.41) is 3.09. The zero-order valence-corrected chi connectivity index (χ0v) is 19.5. The third-order valence-electron chi connectivity index (χ3n) is 5.75. The first-order chi connectivity index (χ1) is 15.9. The number of para-hydroxylation sites is 1. The lowest BCUT2D eigenvalue weighted by molar-refractivity contribution is 0.102. The summed E-state index contributed by atoms with van der Waals surface area (Å²) in [6, 6.07) is 26.1. The second kappa shape index (κ2) is 9.45. The predicted octanol–water partition coefficient (Wildman–Crippen LogP) is 7.92. The van der Waals surface area contributed by atoms with Gasteiger partial charge in [-0.3, -0.25) is 4.79 Å². The number of halogens is 1. The lowest BCUT2D eigenvalue weighted by Crippen LogP contribution is -2.17. The summed E-state index contributed by atoms with van der Waals surface area (Å²) < 4.78 is 16.0. The van der Waals surface area contributed by atoms with Gasteiger partial charge in [0, 0.05) is 23.0 Å². The van der Waals surface area contributed by atoms with Crippen molar-refractivity contribution in [1.82, 2.24) is 4.57 Å². The van der Waals surface area contributed by atoms with Crippen molar-refractivity contribution in [3.63, 3.8) is 0 Å². The zero-order chi connectivity index (χ0) is 23.5. The number of nitrogens with zero attached hydrogens (tertiary/aromatic N) is 1. The molecule has 0 spiro atoms. The Hall–Kier alpha value is -3.66. The van der Waals surface area contributed by atoms with Crippen LogP contribution in [0.4, 0.5) is 10.1 Å². The fraction of sp³-hybridized carbons (Fsp3) is 0.207. The summed E-state index contributed by atoms with van der Waals surface area (Å²) in [4.78, 5) is 13.8. The number of amides is 1. The number of carbonyl (C=O) groups excluding carboxylic acids is 1. The van der Waals surface area contributed by atoms with Gasteiger partial charge in [-0.25, -0.2) is 4.39 Å². The van der Waals surface area contributed by atoms with E-state index in [1.807, 2.05) is 60.7 Å². The van der Waals surface area contributed by atoms with Crippen LogP contribution in [0.5, 0.6) is 0 Å². The zero-order valence-electron chi connectivity index (χ0n) is 19.5. The highest BCUT2D eigenvalue weighted by molar-refractivity contribution is 6.12. The van der Waals surface area contributed by atoms with Gasteiger partial charge in [0.25, 0.3) is 5.91 Å². The van der Waals surface area contributed by atoms with E-state index in [1.54, 1.807) is 12.1 Å². The van der Waals surface area contributed by atoms with Crippen molar-refractivity contribution in [2.75, 3.05) is 5.32 Å². The molecule has 168 valence electrons. The van der Waals surface area contributed by atoms with E-state index in [9.17, 15) is 9.18 Å². The Balaban J connectivity index is 2.06. The van der Waals surface area contributed by atoms with Crippen molar-refractivity contribution >= 4 is 11.6 Å². The standard InChI is InChI=1S/C29H29FN2O/c1-19(2)27-26(29(33)31-24-13-9-6-10-14-24)25(21-11-7-5-8-12-21)28(32(27)20(3)4)22-15-17-23(30)18-16-22/h5-20H,1-4H3,(H,31,33). The van der Waals surface area contributed by atoms with Crippen LogP contribution in [-0.2, 0) is 0 Å². The number of benzene rings is 3. The van der Waals surface area contributed by atoms with Crippen LogP contribution in [0, 0.1) is 5.82 Å². The van der Waals surface area contributed by atoms with Gasteiger partial charge in [-0.05, 0) is 67.3 Å². The van der Waals surface area contributed by atoms with E-state index in [4.69, 9.17) is 0 Å². The summed E-state index contributed by atoms with van der Waals surface area (Å²) in [6.45, 7) is 8.45. The molecule has 4 heteroatoms. The van der Waals surface area contributed by atoms with E-state index < -0.39 is 0 Å². The first-order valence-electron chi connectivity index (χ1n) is 11.3. The van der Waals surface area contributed by atoms with Gasteiger partial charge in [0.2, 0.25) is 0 Å². The van der Waals surface area contributed by atoms with E-state index >= 15 is 0 Å². The SMILES string of the molecule is CC(C)c1c(C(=O)Nc2ccccc2)c(-c2ccccc2)c(-c2ccc(F)cc2)n1C(C)C. The van der Waals surface area contributed by atoms with E-state index in [-0.39, 0.29) is 23.7 Å². The quantitative estimate of drug-likeness (QED) is 0.325. The molecule has 0 aliphatic rings. The van der Waals surface area contributed by atoms with Gasteiger partial charge in [-0.2, -0.15) is 0 Å². The minimum absolute atomic E-state index is 0.0978. The molecule has 0 aliphatic heterocycles. The van der Waals surface area contributed by atoms with Crippen LogP contribution in [0.3, 0.4) is 0 Å². The number of nitrogens with one attached hydrogen (secondary N) is 1.